The number of carbonyl (C=O) groups excluding carboxylic acids is 1. The highest BCUT2D eigenvalue weighted by Gasteiger charge is 2.17. The van der Waals surface area contributed by atoms with Crippen LogP contribution in [0.3, 0.4) is 0 Å². The number of hydrogen-bond donors (Lipinski definition) is 3. The number of phenols is 1. The lowest BCUT2D eigenvalue weighted by molar-refractivity contribution is 0.102. The van der Waals surface area contributed by atoms with E-state index in [0.717, 1.165) is 16.5 Å². The van der Waals surface area contributed by atoms with Crippen molar-refractivity contribution in [3.05, 3.63) is 93.7 Å². The van der Waals surface area contributed by atoms with E-state index in [-0.39, 0.29) is 11.3 Å². The molecule has 0 aliphatic rings. The largest absolute Gasteiger partial charge is 0.508 e. The summed E-state index contributed by atoms with van der Waals surface area (Å²) in [5.41, 5.74) is 2.46. The van der Waals surface area contributed by atoms with E-state index in [1.165, 1.54) is 12.1 Å². The van der Waals surface area contributed by atoms with Gasteiger partial charge in [-0.1, -0.05) is 24.3 Å². The van der Waals surface area contributed by atoms with Crippen molar-refractivity contribution in [1.82, 2.24) is 4.98 Å². The van der Waals surface area contributed by atoms with Crippen LogP contribution < -0.4 is 10.9 Å². The summed E-state index contributed by atoms with van der Waals surface area (Å²) in [6.45, 7) is 1.71. The Hall–Kier alpha value is -3.80. The molecule has 0 aliphatic heterocycles. The Morgan fingerprint density at radius 1 is 1.10 bits per heavy atom. The zero-order valence-corrected chi connectivity index (χ0v) is 15.9. The van der Waals surface area contributed by atoms with Crippen molar-refractivity contribution in [2.75, 3.05) is 5.32 Å². The fourth-order valence-corrected chi connectivity index (χ4v) is 3.44. The summed E-state index contributed by atoms with van der Waals surface area (Å²) in [4.78, 5) is 28.2. The third-order valence-corrected chi connectivity index (χ3v) is 4.85. The van der Waals surface area contributed by atoms with Crippen molar-refractivity contribution in [1.29, 1.82) is 0 Å². The van der Waals surface area contributed by atoms with Crippen LogP contribution in [0.1, 0.15) is 27.2 Å². The van der Waals surface area contributed by atoms with E-state index in [0.29, 0.717) is 29.9 Å². The van der Waals surface area contributed by atoms with E-state index >= 15 is 0 Å². The van der Waals surface area contributed by atoms with Gasteiger partial charge in [-0.15, -0.1) is 0 Å². The second-order valence-corrected chi connectivity index (χ2v) is 6.92. The number of anilines is 1. The van der Waals surface area contributed by atoms with Gasteiger partial charge in [0, 0.05) is 35.3 Å². The van der Waals surface area contributed by atoms with Crippen LogP contribution in [0.25, 0.3) is 10.9 Å². The van der Waals surface area contributed by atoms with Crippen LogP contribution in [-0.4, -0.2) is 16.0 Å². The molecule has 29 heavy (non-hydrogen) atoms. The van der Waals surface area contributed by atoms with E-state index in [4.69, 9.17) is 4.42 Å². The fourth-order valence-electron chi connectivity index (χ4n) is 3.44. The van der Waals surface area contributed by atoms with Gasteiger partial charge in [-0.25, -0.2) is 4.79 Å². The van der Waals surface area contributed by atoms with Crippen LogP contribution in [0.15, 0.2) is 70.0 Å². The number of aromatic hydroxyl groups is 1. The van der Waals surface area contributed by atoms with Crippen molar-refractivity contribution in [2.45, 2.75) is 19.8 Å². The SMILES string of the molecule is Cc1cc(CCc2c[nH]c3ccccc23)oc(=O)c1C(=O)Nc1cccc(O)c1. The quantitative estimate of drug-likeness (QED) is 0.478. The van der Waals surface area contributed by atoms with Crippen LogP contribution in [0, 0.1) is 6.92 Å². The predicted molar refractivity (Wildman–Crippen MR) is 111 cm³/mol. The zero-order chi connectivity index (χ0) is 20.4. The van der Waals surface area contributed by atoms with Gasteiger partial charge in [0.2, 0.25) is 0 Å². The lowest BCUT2D eigenvalue weighted by atomic mass is 10.1. The van der Waals surface area contributed by atoms with Crippen molar-refractivity contribution >= 4 is 22.5 Å². The highest BCUT2D eigenvalue weighted by Crippen LogP contribution is 2.20. The number of rotatable bonds is 5. The third-order valence-electron chi connectivity index (χ3n) is 4.85. The van der Waals surface area contributed by atoms with E-state index in [2.05, 4.69) is 16.4 Å². The molecule has 0 atom stereocenters. The standard InChI is InChI=1S/C23H20N2O4/c1-14-11-18(10-9-15-13-24-20-8-3-2-7-19(15)20)29-23(28)21(14)22(27)25-16-5-4-6-17(26)12-16/h2-8,11-13,24,26H,9-10H2,1H3,(H,25,27). The summed E-state index contributed by atoms with van der Waals surface area (Å²) < 4.78 is 5.41. The molecule has 0 radical (unpaired) electrons. The lowest BCUT2D eigenvalue weighted by Crippen LogP contribution is -2.23. The number of benzene rings is 2. The molecule has 0 saturated carbocycles. The molecule has 6 nitrogen and oxygen atoms in total. The maximum absolute atomic E-state index is 12.5. The topological polar surface area (TPSA) is 95.3 Å². The highest BCUT2D eigenvalue weighted by atomic mass is 16.4. The first-order chi connectivity index (χ1) is 14.0. The van der Waals surface area contributed by atoms with Crippen molar-refractivity contribution in [2.24, 2.45) is 0 Å². The van der Waals surface area contributed by atoms with Gasteiger partial charge in [-0.3, -0.25) is 4.79 Å². The summed E-state index contributed by atoms with van der Waals surface area (Å²) >= 11 is 0. The molecule has 0 unspecified atom stereocenters. The second-order valence-electron chi connectivity index (χ2n) is 6.92. The average molecular weight is 388 g/mol. The van der Waals surface area contributed by atoms with Gasteiger partial charge in [0.05, 0.1) is 0 Å². The summed E-state index contributed by atoms with van der Waals surface area (Å²) in [6.07, 6.45) is 3.22. The Bertz CT molecular complexity index is 1250. The summed E-state index contributed by atoms with van der Waals surface area (Å²) in [5, 5.41) is 13.3. The number of hydrogen-bond acceptors (Lipinski definition) is 4. The number of H-pyrrole nitrogens is 1. The monoisotopic (exact) mass is 388 g/mol. The van der Waals surface area contributed by atoms with Crippen LogP contribution in [-0.2, 0) is 12.8 Å². The molecule has 0 aliphatic carbocycles. The fraction of sp³-hybridized carbons (Fsp3) is 0.130. The minimum atomic E-state index is -0.670. The number of para-hydroxylation sites is 1. The Morgan fingerprint density at radius 2 is 1.93 bits per heavy atom. The van der Waals surface area contributed by atoms with Gasteiger partial charge in [0.1, 0.15) is 17.1 Å². The van der Waals surface area contributed by atoms with Crippen molar-refractivity contribution in [3.8, 4) is 5.75 Å². The molecule has 1 amide bonds. The minimum absolute atomic E-state index is 0.0270. The van der Waals surface area contributed by atoms with Gasteiger partial charge < -0.3 is 19.8 Å². The molecule has 0 fully saturated rings. The van der Waals surface area contributed by atoms with Gasteiger partial charge in [-0.2, -0.15) is 0 Å². The number of fused-ring (bicyclic) bond motifs is 1. The Morgan fingerprint density at radius 3 is 2.72 bits per heavy atom. The smallest absolute Gasteiger partial charge is 0.349 e. The number of amides is 1. The molecule has 4 aromatic rings. The first-order valence-electron chi connectivity index (χ1n) is 9.30. The molecule has 2 heterocycles. The molecule has 3 N–H and O–H groups in total. The van der Waals surface area contributed by atoms with E-state index in [1.807, 2.05) is 24.4 Å². The summed E-state index contributed by atoms with van der Waals surface area (Å²) in [7, 11) is 0. The molecule has 0 bridgehead atoms. The summed E-state index contributed by atoms with van der Waals surface area (Å²) in [5.74, 6) is -0.00380. The maximum atomic E-state index is 12.5. The highest BCUT2D eigenvalue weighted by molar-refractivity contribution is 6.05. The molecule has 2 aromatic heterocycles. The van der Waals surface area contributed by atoms with Crippen LogP contribution in [0.2, 0.25) is 0 Å². The van der Waals surface area contributed by atoms with Crippen LogP contribution in [0.4, 0.5) is 5.69 Å². The number of nitrogens with one attached hydrogen (secondary N) is 2. The summed E-state index contributed by atoms with van der Waals surface area (Å²) in [6, 6.07) is 15.9. The van der Waals surface area contributed by atoms with E-state index in [9.17, 15) is 14.7 Å². The Balaban J connectivity index is 1.52. The number of aromatic nitrogens is 1. The third kappa shape index (κ3) is 3.91. The molecule has 0 spiro atoms. The first-order valence-corrected chi connectivity index (χ1v) is 9.30. The van der Waals surface area contributed by atoms with E-state index < -0.39 is 11.5 Å². The van der Waals surface area contributed by atoms with Gasteiger partial charge >= 0.3 is 5.63 Å². The number of carbonyl (C=O) groups is 1. The molecular weight excluding hydrogens is 368 g/mol. The predicted octanol–water partition coefficient (Wildman–Crippen LogP) is 4.17. The van der Waals surface area contributed by atoms with Gasteiger partial charge in [0.15, 0.2) is 0 Å². The number of phenolic OH excluding ortho intramolecular Hbond substituents is 1. The minimum Gasteiger partial charge on any atom is -0.508 e. The first kappa shape index (κ1) is 18.6. The lowest BCUT2D eigenvalue weighted by Gasteiger charge is -2.08. The van der Waals surface area contributed by atoms with Crippen LogP contribution >= 0.6 is 0 Å². The Kier molecular flexibility index (Phi) is 4.91. The van der Waals surface area contributed by atoms with Crippen molar-refractivity contribution < 1.29 is 14.3 Å². The molecule has 6 heteroatoms. The molecular formula is C23H20N2O4. The maximum Gasteiger partial charge on any atom is 0.349 e. The Labute approximate surface area is 166 Å². The van der Waals surface area contributed by atoms with Gasteiger partial charge in [0.25, 0.3) is 5.91 Å². The average Bonchev–Trinajstić information content (AvgIpc) is 3.09. The normalized spacial score (nSPS) is 10.9. The van der Waals surface area contributed by atoms with Gasteiger partial charge in [-0.05, 0) is 48.7 Å². The molecule has 4 rings (SSSR count). The molecule has 146 valence electrons. The van der Waals surface area contributed by atoms with Crippen molar-refractivity contribution in [3.63, 3.8) is 0 Å². The molecule has 0 saturated heterocycles. The van der Waals surface area contributed by atoms with E-state index in [1.54, 1.807) is 25.1 Å². The number of aryl methyl sites for hydroxylation is 3. The molecule has 2 aromatic carbocycles. The zero-order valence-electron chi connectivity index (χ0n) is 15.9. The number of aromatic amines is 1. The second kappa shape index (κ2) is 7.67. The van der Waals surface area contributed by atoms with Crippen LogP contribution in [0.5, 0.6) is 5.75 Å².